The predicted molar refractivity (Wildman–Crippen MR) is 181 cm³/mol. The van der Waals surface area contributed by atoms with E-state index in [9.17, 15) is 33.9 Å². The quantitative estimate of drug-likeness (QED) is 0.0464. The van der Waals surface area contributed by atoms with Gasteiger partial charge in [-0.2, -0.15) is 0 Å². The molecule has 50 heavy (non-hydrogen) atoms. The fourth-order valence-corrected chi connectivity index (χ4v) is 5.41. The third-order valence-electron chi connectivity index (χ3n) is 8.07. The monoisotopic (exact) mass is 692 g/mol. The van der Waals surface area contributed by atoms with Crippen molar-refractivity contribution in [3.8, 4) is 11.3 Å². The van der Waals surface area contributed by atoms with Gasteiger partial charge in [-0.25, -0.2) is 9.86 Å². The minimum Gasteiger partial charge on any atom is -0.481 e. The van der Waals surface area contributed by atoms with Crippen LogP contribution < -0.4 is 16.0 Å². The standard InChI is InChI=1S/C36H44N4O10/c1-4-6-8-13-27(29(5-2)40(22-41)49-20-24-11-9-7-10-12-24)33(44)37-21-38-35(46)31-17-16-30(50-31)25-14-15-26(23(3)18-25)34(45)39-28(36(47)48)19-32(42)43/h7,9-12,14-18,22,27-29H,4-6,8,13,19-21H2,1-3H3,(H,37,44)(H,38,46)(H,39,45)(H,42,43)(H,47,48)/t27-,28?,29-/m1/s1. The number of carbonyl (C=O) groups is 6. The number of nitrogens with zero attached hydrogens (tertiary/aromatic N) is 1. The van der Waals surface area contributed by atoms with Crippen molar-refractivity contribution >= 4 is 36.1 Å². The van der Waals surface area contributed by atoms with Gasteiger partial charge < -0.3 is 30.6 Å². The van der Waals surface area contributed by atoms with Crippen LogP contribution in [0.5, 0.6) is 0 Å². The van der Waals surface area contributed by atoms with Crippen molar-refractivity contribution in [3.63, 3.8) is 0 Å². The molecular weight excluding hydrogens is 648 g/mol. The molecule has 14 heteroatoms. The molecule has 0 aliphatic carbocycles. The van der Waals surface area contributed by atoms with E-state index in [1.807, 2.05) is 37.3 Å². The lowest BCUT2D eigenvalue weighted by molar-refractivity contribution is -0.200. The average molecular weight is 693 g/mol. The molecule has 1 unspecified atom stereocenters. The van der Waals surface area contributed by atoms with E-state index in [1.54, 1.807) is 25.1 Å². The highest BCUT2D eigenvalue weighted by atomic mass is 16.7. The van der Waals surface area contributed by atoms with Gasteiger partial charge in [-0.05, 0) is 55.2 Å². The van der Waals surface area contributed by atoms with Crippen molar-refractivity contribution in [2.24, 2.45) is 5.92 Å². The van der Waals surface area contributed by atoms with Crippen LogP contribution >= 0.6 is 0 Å². The van der Waals surface area contributed by atoms with Crippen LogP contribution in [0.2, 0.25) is 0 Å². The number of furan rings is 1. The van der Waals surface area contributed by atoms with Crippen LogP contribution in [-0.2, 0) is 30.6 Å². The molecule has 4 amide bonds. The van der Waals surface area contributed by atoms with Crippen molar-refractivity contribution in [1.29, 1.82) is 0 Å². The summed E-state index contributed by atoms with van der Waals surface area (Å²) in [7, 11) is 0. The maximum atomic E-state index is 13.4. The number of rotatable bonds is 21. The lowest BCUT2D eigenvalue weighted by Crippen LogP contribution is -2.48. The van der Waals surface area contributed by atoms with Crippen molar-refractivity contribution in [2.75, 3.05) is 6.67 Å². The average Bonchev–Trinajstić information content (AvgIpc) is 3.59. The number of hydroxylamine groups is 2. The normalized spacial score (nSPS) is 12.6. The number of carbonyl (C=O) groups excluding carboxylic acids is 4. The molecular formula is C36H44N4O10. The van der Waals surface area contributed by atoms with E-state index in [-0.39, 0.29) is 30.5 Å². The van der Waals surface area contributed by atoms with Crippen LogP contribution in [-0.4, -0.2) is 70.1 Å². The number of hydrogen-bond donors (Lipinski definition) is 5. The fraction of sp³-hybridized carbons (Fsp3) is 0.389. The van der Waals surface area contributed by atoms with Gasteiger partial charge in [-0.3, -0.25) is 28.8 Å². The van der Waals surface area contributed by atoms with Gasteiger partial charge in [0.1, 0.15) is 18.4 Å². The van der Waals surface area contributed by atoms with Gasteiger partial charge in [-0.15, -0.1) is 0 Å². The summed E-state index contributed by atoms with van der Waals surface area (Å²) in [5.41, 5.74) is 2.01. The Morgan fingerprint density at radius 2 is 1.68 bits per heavy atom. The van der Waals surface area contributed by atoms with E-state index in [1.165, 1.54) is 17.2 Å². The molecule has 0 aliphatic rings. The maximum absolute atomic E-state index is 13.4. The van der Waals surface area contributed by atoms with Gasteiger partial charge in [0, 0.05) is 11.1 Å². The Morgan fingerprint density at radius 1 is 0.940 bits per heavy atom. The number of aliphatic carboxylic acids is 2. The first kappa shape index (κ1) is 38.9. The topological polar surface area (TPSA) is 205 Å². The lowest BCUT2D eigenvalue weighted by atomic mass is 9.90. The summed E-state index contributed by atoms with van der Waals surface area (Å²) >= 11 is 0. The zero-order valence-corrected chi connectivity index (χ0v) is 28.3. The van der Waals surface area contributed by atoms with Crippen LogP contribution in [0.1, 0.15) is 84.4 Å². The number of nitrogens with one attached hydrogen (secondary N) is 3. The summed E-state index contributed by atoms with van der Waals surface area (Å²) in [6.07, 6.45) is 3.45. The van der Waals surface area contributed by atoms with Crippen LogP contribution in [0, 0.1) is 12.8 Å². The third kappa shape index (κ3) is 11.3. The third-order valence-corrected chi connectivity index (χ3v) is 8.07. The number of amides is 4. The molecule has 5 N–H and O–H groups in total. The van der Waals surface area contributed by atoms with Crippen LogP contribution in [0.15, 0.2) is 65.1 Å². The molecule has 0 saturated carbocycles. The van der Waals surface area contributed by atoms with Gasteiger partial charge in [0.2, 0.25) is 12.3 Å². The first-order chi connectivity index (χ1) is 24.0. The molecule has 0 fully saturated rings. The SMILES string of the molecule is CCCCC[C@@H](C(=O)NCNC(=O)c1ccc(-c2ccc(C(=O)NC(CC(=O)O)C(=O)O)c(C)c2)o1)[C@@H](CC)N(C=O)OCc1ccccc1. The maximum Gasteiger partial charge on any atom is 0.326 e. The number of aryl methyl sites for hydroxylation is 1. The van der Waals surface area contributed by atoms with Gasteiger partial charge in [0.25, 0.3) is 11.8 Å². The minimum atomic E-state index is -1.60. The van der Waals surface area contributed by atoms with E-state index in [0.717, 1.165) is 24.8 Å². The Hall–Kier alpha value is -5.50. The number of hydrogen-bond acceptors (Lipinski definition) is 8. The smallest absolute Gasteiger partial charge is 0.326 e. The Balaban J connectivity index is 1.62. The molecule has 268 valence electrons. The van der Waals surface area contributed by atoms with Gasteiger partial charge in [-0.1, -0.05) is 69.5 Å². The number of benzene rings is 2. The molecule has 0 radical (unpaired) electrons. The lowest BCUT2D eigenvalue weighted by Gasteiger charge is -2.32. The largest absolute Gasteiger partial charge is 0.481 e. The van der Waals surface area contributed by atoms with Crippen molar-refractivity contribution in [1.82, 2.24) is 21.0 Å². The van der Waals surface area contributed by atoms with Crippen LogP contribution in [0.4, 0.5) is 0 Å². The summed E-state index contributed by atoms with van der Waals surface area (Å²) in [6, 6.07) is 14.9. The van der Waals surface area contributed by atoms with Crippen molar-refractivity contribution < 1.29 is 48.2 Å². The molecule has 2 aromatic carbocycles. The molecule has 3 rings (SSSR count). The minimum absolute atomic E-state index is 0.0286. The van der Waals surface area contributed by atoms with E-state index in [4.69, 9.17) is 14.4 Å². The molecule has 3 atom stereocenters. The zero-order valence-electron chi connectivity index (χ0n) is 28.3. The highest BCUT2D eigenvalue weighted by Crippen LogP contribution is 2.25. The first-order valence-corrected chi connectivity index (χ1v) is 16.4. The highest BCUT2D eigenvalue weighted by Gasteiger charge is 2.32. The van der Waals surface area contributed by atoms with E-state index in [0.29, 0.717) is 36.1 Å². The Bertz CT molecular complexity index is 1620. The predicted octanol–water partition coefficient (Wildman–Crippen LogP) is 4.28. The highest BCUT2D eigenvalue weighted by molar-refractivity contribution is 5.99. The summed E-state index contributed by atoms with van der Waals surface area (Å²) in [4.78, 5) is 79.1. The Morgan fingerprint density at radius 3 is 2.30 bits per heavy atom. The van der Waals surface area contributed by atoms with Gasteiger partial charge in [0.05, 0.1) is 25.0 Å². The van der Waals surface area contributed by atoms with Crippen LogP contribution in [0.25, 0.3) is 11.3 Å². The van der Waals surface area contributed by atoms with Crippen molar-refractivity contribution in [2.45, 2.75) is 78.0 Å². The number of carboxylic acids is 2. The van der Waals surface area contributed by atoms with E-state index >= 15 is 0 Å². The number of unbranched alkanes of at least 4 members (excludes halogenated alkanes) is 2. The number of carboxylic acid groups (broad SMARTS) is 2. The summed E-state index contributed by atoms with van der Waals surface area (Å²) in [5, 5.41) is 26.9. The van der Waals surface area contributed by atoms with Gasteiger partial charge >= 0.3 is 11.9 Å². The molecule has 0 spiro atoms. The first-order valence-electron chi connectivity index (χ1n) is 16.4. The molecule has 1 aromatic heterocycles. The molecule has 1 heterocycles. The second kappa shape index (κ2) is 19.5. The van der Waals surface area contributed by atoms with Gasteiger partial charge in [0.15, 0.2) is 5.76 Å². The summed E-state index contributed by atoms with van der Waals surface area (Å²) < 4.78 is 5.73. The molecule has 0 bridgehead atoms. The fourth-order valence-electron chi connectivity index (χ4n) is 5.41. The van der Waals surface area contributed by atoms with Crippen LogP contribution in [0.3, 0.4) is 0 Å². The Kier molecular flexibility index (Phi) is 15.2. The van der Waals surface area contributed by atoms with Crippen molar-refractivity contribution in [3.05, 3.63) is 83.1 Å². The summed E-state index contributed by atoms with van der Waals surface area (Å²) in [6.45, 7) is 5.53. The van der Waals surface area contributed by atoms with E-state index < -0.39 is 48.2 Å². The summed E-state index contributed by atoms with van der Waals surface area (Å²) in [5.74, 6) is -4.80. The molecule has 3 aromatic rings. The second-order valence-electron chi connectivity index (χ2n) is 11.7. The molecule has 0 aliphatic heterocycles. The Labute approximate surface area is 290 Å². The molecule has 14 nitrogen and oxygen atoms in total. The zero-order chi connectivity index (χ0) is 36.6. The second-order valence-corrected chi connectivity index (χ2v) is 11.7. The van der Waals surface area contributed by atoms with E-state index in [2.05, 4.69) is 22.9 Å². The molecule has 0 saturated heterocycles.